The van der Waals surface area contributed by atoms with E-state index < -0.39 is 18.5 Å². The Morgan fingerprint density at radius 3 is 2.30 bits per heavy atom. The number of aliphatic hydroxyl groups is 1. The molecule has 4 heteroatoms. The molecule has 2 aromatic rings. The number of hydrogen-bond acceptors (Lipinski definition) is 4. The summed E-state index contributed by atoms with van der Waals surface area (Å²) in [5, 5.41) is 10.8. The van der Waals surface area contributed by atoms with E-state index in [1.807, 2.05) is 60.7 Å². The fourth-order valence-corrected chi connectivity index (χ4v) is 3.09. The fourth-order valence-electron chi connectivity index (χ4n) is 3.09. The zero-order valence-corrected chi connectivity index (χ0v) is 12.7. The average molecular weight is 312 g/mol. The van der Waals surface area contributed by atoms with Crippen molar-refractivity contribution in [2.24, 2.45) is 0 Å². The van der Waals surface area contributed by atoms with Crippen LogP contribution in [0.1, 0.15) is 29.8 Å². The van der Waals surface area contributed by atoms with Gasteiger partial charge in [0.25, 0.3) is 0 Å². The maximum absolute atomic E-state index is 10.8. The second kappa shape index (κ2) is 6.42. The minimum Gasteiger partial charge on any atom is -0.385 e. The number of fused-ring (bicyclic) bond motifs is 1. The Hall–Kier alpha value is -1.72. The van der Waals surface area contributed by atoms with Gasteiger partial charge in [-0.2, -0.15) is 0 Å². The highest BCUT2D eigenvalue weighted by atomic mass is 16.7. The number of ether oxygens (including phenoxy) is 3. The first-order valence-corrected chi connectivity index (χ1v) is 8.03. The van der Waals surface area contributed by atoms with Crippen molar-refractivity contribution in [2.45, 2.75) is 37.1 Å². The quantitative estimate of drug-likeness (QED) is 0.862. The van der Waals surface area contributed by atoms with Crippen LogP contribution in [0.15, 0.2) is 60.7 Å². The lowest BCUT2D eigenvalue weighted by Gasteiger charge is -2.29. The first-order chi connectivity index (χ1) is 11.3. The van der Waals surface area contributed by atoms with Crippen molar-refractivity contribution in [3.63, 3.8) is 0 Å². The summed E-state index contributed by atoms with van der Waals surface area (Å²) in [6, 6.07) is 19.3. The summed E-state index contributed by atoms with van der Waals surface area (Å²) in [6.07, 6.45) is -0.510. The van der Waals surface area contributed by atoms with E-state index >= 15 is 0 Å². The summed E-state index contributed by atoms with van der Waals surface area (Å²) < 4.78 is 17.4. The van der Waals surface area contributed by atoms with Crippen LogP contribution in [0.3, 0.4) is 0 Å². The predicted molar refractivity (Wildman–Crippen MR) is 84.7 cm³/mol. The molecule has 2 fully saturated rings. The van der Waals surface area contributed by atoms with Crippen molar-refractivity contribution >= 4 is 0 Å². The van der Waals surface area contributed by atoms with Gasteiger partial charge in [-0.25, -0.2) is 0 Å². The average Bonchev–Trinajstić information content (AvgIpc) is 3.41. The molecule has 4 nitrogen and oxygen atoms in total. The van der Waals surface area contributed by atoms with Crippen LogP contribution in [-0.4, -0.2) is 30.2 Å². The van der Waals surface area contributed by atoms with Gasteiger partial charge < -0.3 is 19.3 Å². The predicted octanol–water partition coefficient (Wildman–Crippen LogP) is 2.99. The zero-order valence-electron chi connectivity index (χ0n) is 12.7. The van der Waals surface area contributed by atoms with E-state index in [1.54, 1.807) is 0 Å². The minimum atomic E-state index is -0.763. The van der Waals surface area contributed by atoms with E-state index in [2.05, 4.69) is 0 Å². The smallest absolute Gasteiger partial charge is 0.187 e. The standard InChI is InChI=1S/C19H20O4/c20-16(13-7-3-1-4-8-13)17(14-9-5-2-6-10-14)23-19-18-15(22-18)11-12-21-19/h1-10,15-20H,11-12H2/t15-,16-,17-,18-,19-/m0/s1. The van der Waals surface area contributed by atoms with Gasteiger partial charge >= 0.3 is 0 Å². The van der Waals surface area contributed by atoms with Crippen molar-refractivity contribution in [1.82, 2.24) is 0 Å². The second-order valence-electron chi connectivity index (χ2n) is 5.99. The molecule has 0 radical (unpaired) electrons. The molecule has 0 aromatic heterocycles. The molecule has 2 saturated heterocycles. The van der Waals surface area contributed by atoms with Crippen LogP contribution >= 0.6 is 0 Å². The van der Waals surface area contributed by atoms with E-state index in [9.17, 15) is 5.11 Å². The van der Waals surface area contributed by atoms with Crippen LogP contribution < -0.4 is 0 Å². The van der Waals surface area contributed by atoms with E-state index in [0.29, 0.717) is 6.61 Å². The number of rotatable bonds is 5. The molecule has 2 aliphatic heterocycles. The first kappa shape index (κ1) is 14.8. The summed E-state index contributed by atoms with van der Waals surface area (Å²) in [7, 11) is 0. The molecule has 1 N–H and O–H groups in total. The molecule has 5 atom stereocenters. The molecule has 0 saturated carbocycles. The molecule has 0 aliphatic carbocycles. The molecule has 120 valence electrons. The minimum absolute atomic E-state index is 0.00191. The maximum atomic E-state index is 10.8. The summed E-state index contributed by atoms with van der Waals surface area (Å²) >= 11 is 0. The Bertz CT molecular complexity index is 630. The Morgan fingerprint density at radius 2 is 1.61 bits per heavy atom. The molecule has 0 amide bonds. The van der Waals surface area contributed by atoms with Gasteiger partial charge in [-0.3, -0.25) is 0 Å². The topological polar surface area (TPSA) is 51.2 Å². The highest BCUT2D eigenvalue weighted by Gasteiger charge is 2.50. The first-order valence-electron chi connectivity index (χ1n) is 8.03. The molecule has 4 rings (SSSR count). The Balaban J connectivity index is 1.59. The van der Waals surface area contributed by atoms with E-state index in [1.165, 1.54) is 0 Å². The van der Waals surface area contributed by atoms with Crippen LogP contribution in [0.5, 0.6) is 0 Å². The fraction of sp³-hybridized carbons (Fsp3) is 0.368. The highest BCUT2D eigenvalue weighted by Crippen LogP contribution is 2.40. The van der Waals surface area contributed by atoms with Crippen molar-refractivity contribution in [2.75, 3.05) is 6.61 Å². The van der Waals surface area contributed by atoms with Crippen molar-refractivity contribution in [3.8, 4) is 0 Å². The lowest BCUT2D eigenvalue weighted by Crippen LogP contribution is -2.33. The maximum Gasteiger partial charge on any atom is 0.187 e. The molecule has 0 spiro atoms. The lowest BCUT2D eigenvalue weighted by atomic mass is 9.98. The van der Waals surface area contributed by atoms with Crippen molar-refractivity contribution in [3.05, 3.63) is 71.8 Å². The molecule has 2 aromatic carbocycles. The normalized spacial score (nSPS) is 28.7. The molecular weight excluding hydrogens is 292 g/mol. The van der Waals surface area contributed by atoms with Crippen LogP contribution in [0.25, 0.3) is 0 Å². The molecular formula is C19H20O4. The summed E-state index contributed by atoms with van der Waals surface area (Å²) in [6.45, 7) is 0.634. The number of aliphatic hydroxyl groups excluding tert-OH is 1. The Kier molecular flexibility index (Phi) is 4.14. The van der Waals surface area contributed by atoms with Gasteiger partial charge in [0.15, 0.2) is 6.29 Å². The van der Waals surface area contributed by atoms with E-state index in [0.717, 1.165) is 17.5 Å². The largest absolute Gasteiger partial charge is 0.385 e. The molecule has 0 bridgehead atoms. The number of epoxide rings is 1. The van der Waals surface area contributed by atoms with Gasteiger partial charge in [-0.15, -0.1) is 0 Å². The number of hydrogen-bond donors (Lipinski definition) is 1. The third-order valence-electron chi connectivity index (χ3n) is 4.41. The van der Waals surface area contributed by atoms with Gasteiger partial charge in [0.05, 0.1) is 12.7 Å². The van der Waals surface area contributed by atoms with Gasteiger partial charge in [0.2, 0.25) is 0 Å². The van der Waals surface area contributed by atoms with Crippen LogP contribution in [0.2, 0.25) is 0 Å². The third kappa shape index (κ3) is 3.16. The van der Waals surface area contributed by atoms with Crippen molar-refractivity contribution < 1.29 is 19.3 Å². The van der Waals surface area contributed by atoms with Gasteiger partial charge in [0, 0.05) is 0 Å². The van der Waals surface area contributed by atoms with Crippen LogP contribution in [-0.2, 0) is 14.2 Å². The number of benzene rings is 2. The Labute approximate surface area is 135 Å². The summed E-state index contributed by atoms with van der Waals surface area (Å²) in [5.41, 5.74) is 1.75. The van der Waals surface area contributed by atoms with Crippen LogP contribution in [0.4, 0.5) is 0 Å². The zero-order chi connectivity index (χ0) is 15.6. The second-order valence-corrected chi connectivity index (χ2v) is 5.99. The van der Waals surface area contributed by atoms with Crippen LogP contribution in [0, 0.1) is 0 Å². The SMILES string of the molecule is O[C@@H](c1ccccc1)[C@@H](O[C@@H]1OCC[C@@H]2O[C@H]12)c1ccccc1. The van der Waals surface area contributed by atoms with Gasteiger partial charge in [-0.1, -0.05) is 60.7 Å². The lowest BCUT2D eigenvalue weighted by molar-refractivity contribution is -0.208. The summed E-state index contributed by atoms with van der Waals surface area (Å²) in [5.74, 6) is 0. The van der Waals surface area contributed by atoms with Gasteiger partial charge in [-0.05, 0) is 17.5 Å². The Morgan fingerprint density at radius 1 is 0.957 bits per heavy atom. The molecule has 0 unspecified atom stereocenters. The molecule has 2 heterocycles. The van der Waals surface area contributed by atoms with E-state index in [-0.39, 0.29) is 12.2 Å². The van der Waals surface area contributed by atoms with Gasteiger partial charge in [0.1, 0.15) is 18.3 Å². The van der Waals surface area contributed by atoms with Crippen molar-refractivity contribution in [1.29, 1.82) is 0 Å². The highest BCUT2D eigenvalue weighted by molar-refractivity contribution is 5.25. The van der Waals surface area contributed by atoms with E-state index in [4.69, 9.17) is 14.2 Å². The third-order valence-corrected chi connectivity index (χ3v) is 4.41. The molecule has 2 aliphatic rings. The monoisotopic (exact) mass is 312 g/mol. The summed E-state index contributed by atoms with van der Waals surface area (Å²) in [4.78, 5) is 0. The molecule has 23 heavy (non-hydrogen) atoms.